The molecule has 1 aliphatic rings. The second-order valence-corrected chi connectivity index (χ2v) is 9.23. The third kappa shape index (κ3) is 4.56. The number of hydrogen-bond donors (Lipinski definition) is 0. The fourth-order valence-corrected chi connectivity index (χ4v) is 3.39. The van der Waals surface area contributed by atoms with Gasteiger partial charge < -0.3 is 9.64 Å². The Kier molecular flexibility index (Phi) is 5.52. The smallest absolute Gasteiger partial charge is 0.167 e. The zero-order valence-electron chi connectivity index (χ0n) is 15.7. The molecule has 0 N–H and O–H groups in total. The van der Waals surface area contributed by atoms with Crippen molar-refractivity contribution in [3.05, 3.63) is 30.1 Å². The first kappa shape index (κ1) is 18.7. The van der Waals surface area contributed by atoms with E-state index in [0.717, 1.165) is 30.0 Å². The second-order valence-electron chi connectivity index (χ2n) is 6.69. The van der Waals surface area contributed by atoms with E-state index >= 15 is 0 Å². The average Bonchev–Trinajstić information content (AvgIpc) is 2.60. The van der Waals surface area contributed by atoms with Crippen LogP contribution < -0.4 is 4.90 Å². The number of aromatic nitrogens is 3. The van der Waals surface area contributed by atoms with Crippen LogP contribution in [0.5, 0.6) is 0 Å². The standard InChI is InChI=1S/C18H25N5O2S/c1-5-15-10-14(6-7-19-15)18-20-16(22-26(3,4)24)11-17(21-18)23-8-9-25-12-13(23)2/h6-7,10-11,13H,5,8-9,12H2,1-4H3/t13-/m1/s1. The van der Waals surface area contributed by atoms with E-state index in [0.29, 0.717) is 24.9 Å². The van der Waals surface area contributed by atoms with Gasteiger partial charge in [0.25, 0.3) is 0 Å². The zero-order chi connectivity index (χ0) is 18.7. The maximum absolute atomic E-state index is 12.2. The highest BCUT2D eigenvalue weighted by molar-refractivity contribution is 7.92. The van der Waals surface area contributed by atoms with Gasteiger partial charge in [0.2, 0.25) is 0 Å². The van der Waals surface area contributed by atoms with Crippen LogP contribution in [0, 0.1) is 0 Å². The predicted octanol–water partition coefficient (Wildman–Crippen LogP) is 2.69. The van der Waals surface area contributed by atoms with Gasteiger partial charge in [-0.3, -0.25) is 4.98 Å². The summed E-state index contributed by atoms with van der Waals surface area (Å²) in [4.78, 5) is 15.8. The van der Waals surface area contributed by atoms with Crippen molar-refractivity contribution in [2.24, 2.45) is 4.36 Å². The summed E-state index contributed by atoms with van der Waals surface area (Å²) in [6.45, 7) is 6.22. The summed E-state index contributed by atoms with van der Waals surface area (Å²) in [7, 11) is -2.32. The van der Waals surface area contributed by atoms with Gasteiger partial charge in [0.1, 0.15) is 5.82 Å². The summed E-state index contributed by atoms with van der Waals surface area (Å²) < 4.78 is 22.0. The van der Waals surface area contributed by atoms with Gasteiger partial charge >= 0.3 is 0 Å². The van der Waals surface area contributed by atoms with Crippen molar-refractivity contribution in [2.75, 3.05) is 37.2 Å². The number of rotatable bonds is 4. The summed E-state index contributed by atoms with van der Waals surface area (Å²) in [5, 5.41) is 0. The van der Waals surface area contributed by atoms with Crippen molar-refractivity contribution < 1.29 is 8.95 Å². The molecular weight excluding hydrogens is 350 g/mol. The minimum absolute atomic E-state index is 0.204. The Bertz CT molecular complexity index is 900. The number of hydrogen-bond acceptors (Lipinski definition) is 7. The molecule has 3 heterocycles. The molecule has 2 aromatic rings. The lowest BCUT2D eigenvalue weighted by atomic mass is 10.2. The van der Waals surface area contributed by atoms with Crippen LogP contribution in [0.2, 0.25) is 0 Å². The highest BCUT2D eigenvalue weighted by Crippen LogP contribution is 2.27. The van der Waals surface area contributed by atoms with Crippen LogP contribution >= 0.6 is 0 Å². The summed E-state index contributed by atoms with van der Waals surface area (Å²) in [6.07, 6.45) is 5.81. The van der Waals surface area contributed by atoms with Crippen molar-refractivity contribution in [3.8, 4) is 11.4 Å². The zero-order valence-corrected chi connectivity index (χ0v) is 16.5. The van der Waals surface area contributed by atoms with Crippen LogP contribution in [0.15, 0.2) is 28.8 Å². The van der Waals surface area contributed by atoms with Gasteiger partial charge in [-0.1, -0.05) is 6.92 Å². The topological polar surface area (TPSA) is 80.6 Å². The summed E-state index contributed by atoms with van der Waals surface area (Å²) in [6, 6.07) is 5.89. The number of pyridine rings is 1. The van der Waals surface area contributed by atoms with Gasteiger partial charge in [-0.25, -0.2) is 14.2 Å². The first-order valence-electron chi connectivity index (χ1n) is 8.71. The van der Waals surface area contributed by atoms with Crippen LogP contribution in [-0.4, -0.2) is 57.5 Å². The molecule has 1 fully saturated rings. The minimum atomic E-state index is -2.32. The third-order valence-electron chi connectivity index (χ3n) is 4.11. The number of nitrogens with zero attached hydrogens (tertiary/aromatic N) is 5. The lowest BCUT2D eigenvalue weighted by molar-refractivity contribution is 0.0985. The molecule has 0 amide bonds. The van der Waals surface area contributed by atoms with E-state index < -0.39 is 9.73 Å². The fourth-order valence-electron chi connectivity index (χ4n) is 2.85. The van der Waals surface area contributed by atoms with Gasteiger partial charge in [-0.15, -0.1) is 0 Å². The molecule has 0 spiro atoms. The van der Waals surface area contributed by atoms with E-state index in [9.17, 15) is 4.21 Å². The molecule has 1 atom stereocenters. The maximum Gasteiger partial charge on any atom is 0.167 e. The second kappa shape index (κ2) is 7.67. The molecule has 26 heavy (non-hydrogen) atoms. The maximum atomic E-state index is 12.2. The van der Waals surface area contributed by atoms with Crippen LogP contribution in [0.3, 0.4) is 0 Å². The first-order chi connectivity index (χ1) is 12.4. The highest BCUT2D eigenvalue weighted by atomic mass is 32.2. The van der Waals surface area contributed by atoms with E-state index in [-0.39, 0.29) is 6.04 Å². The van der Waals surface area contributed by atoms with Crippen LogP contribution in [-0.2, 0) is 20.9 Å². The molecule has 140 valence electrons. The molecule has 0 saturated carbocycles. The Morgan fingerprint density at radius 3 is 2.85 bits per heavy atom. The molecule has 0 bridgehead atoms. The van der Waals surface area contributed by atoms with Gasteiger partial charge in [-0.2, -0.15) is 4.36 Å². The fraction of sp³-hybridized carbons (Fsp3) is 0.500. The van der Waals surface area contributed by atoms with E-state index in [1.807, 2.05) is 12.1 Å². The van der Waals surface area contributed by atoms with Crippen LogP contribution in [0.25, 0.3) is 11.4 Å². The number of anilines is 1. The molecule has 3 rings (SSSR count). The molecule has 1 saturated heterocycles. The summed E-state index contributed by atoms with van der Waals surface area (Å²) in [5.74, 6) is 1.79. The molecular formula is C18H25N5O2S. The van der Waals surface area contributed by atoms with Crippen LogP contribution in [0.4, 0.5) is 11.6 Å². The lowest BCUT2D eigenvalue weighted by Crippen LogP contribution is -2.44. The minimum Gasteiger partial charge on any atom is -0.377 e. The van der Waals surface area contributed by atoms with Crippen molar-refractivity contribution in [2.45, 2.75) is 26.3 Å². The van der Waals surface area contributed by atoms with Crippen LogP contribution in [0.1, 0.15) is 19.5 Å². The Morgan fingerprint density at radius 1 is 1.35 bits per heavy atom. The third-order valence-corrected chi connectivity index (χ3v) is 4.74. The Morgan fingerprint density at radius 2 is 2.15 bits per heavy atom. The predicted molar refractivity (Wildman–Crippen MR) is 104 cm³/mol. The van der Waals surface area contributed by atoms with Crippen molar-refractivity contribution >= 4 is 21.4 Å². The molecule has 0 aliphatic carbocycles. The normalized spacial score (nSPS) is 18.0. The van der Waals surface area contributed by atoms with E-state index in [4.69, 9.17) is 9.72 Å². The van der Waals surface area contributed by atoms with Gasteiger partial charge in [-0.05, 0) is 25.5 Å². The monoisotopic (exact) mass is 375 g/mol. The van der Waals surface area contributed by atoms with Gasteiger partial charge in [0.05, 0.1) is 19.3 Å². The SMILES string of the molecule is CCc1cc(-c2nc(N=S(C)(C)=O)cc(N3CCOC[C@H]3C)n2)ccn1. The lowest BCUT2D eigenvalue weighted by Gasteiger charge is -2.34. The summed E-state index contributed by atoms with van der Waals surface area (Å²) >= 11 is 0. The Hall–Kier alpha value is -2.06. The van der Waals surface area contributed by atoms with Crippen molar-refractivity contribution in [1.29, 1.82) is 0 Å². The molecule has 2 aromatic heterocycles. The first-order valence-corrected chi connectivity index (χ1v) is 11.0. The molecule has 0 aromatic carbocycles. The van der Waals surface area contributed by atoms with Gasteiger partial charge in [0, 0.05) is 52.3 Å². The number of ether oxygens (including phenoxy) is 1. The highest BCUT2D eigenvalue weighted by Gasteiger charge is 2.22. The summed E-state index contributed by atoms with van der Waals surface area (Å²) in [5.41, 5.74) is 1.86. The van der Waals surface area contributed by atoms with E-state index in [1.165, 1.54) is 0 Å². The average molecular weight is 375 g/mol. The molecule has 1 aliphatic heterocycles. The molecule has 0 radical (unpaired) electrons. The number of aryl methyl sites for hydroxylation is 1. The van der Waals surface area contributed by atoms with Crippen molar-refractivity contribution in [1.82, 2.24) is 15.0 Å². The Labute approximate surface area is 155 Å². The van der Waals surface area contributed by atoms with E-state index in [1.54, 1.807) is 24.8 Å². The van der Waals surface area contributed by atoms with Crippen molar-refractivity contribution in [3.63, 3.8) is 0 Å². The van der Waals surface area contributed by atoms with Gasteiger partial charge in [0.15, 0.2) is 11.6 Å². The molecule has 8 heteroatoms. The Balaban J connectivity index is 2.12. The quantitative estimate of drug-likeness (QED) is 0.817. The van der Waals surface area contributed by atoms with E-state index in [2.05, 4.69) is 33.1 Å². The molecule has 0 unspecified atom stereocenters. The molecule has 7 nitrogen and oxygen atoms in total. The number of morpholine rings is 1. The largest absolute Gasteiger partial charge is 0.377 e.